The predicted octanol–water partition coefficient (Wildman–Crippen LogP) is 5.05. The number of amides is 1. The number of nitrogens with zero attached hydrogens (tertiary/aromatic N) is 3. The summed E-state index contributed by atoms with van der Waals surface area (Å²) in [6, 6.07) is 17.9. The molecule has 1 aliphatic heterocycles. The first-order chi connectivity index (χ1) is 16.0. The van der Waals surface area contributed by atoms with Crippen molar-refractivity contribution in [1.82, 2.24) is 20.3 Å². The van der Waals surface area contributed by atoms with E-state index in [2.05, 4.69) is 82.7 Å². The minimum atomic E-state index is -0.231. The average molecular weight is 460 g/mol. The van der Waals surface area contributed by atoms with Crippen molar-refractivity contribution in [2.45, 2.75) is 52.1 Å². The van der Waals surface area contributed by atoms with E-state index in [9.17, 15) is 4.79 Å². The Balaban J connectivity index is 1.52. The molecule has 2 aromatic carbocycles. The van der Waals surface area contributed by atoms with Gasteiger partial charge in [0, 0.05) is 29.6 Å². The minimum Gasteiger partial charge on any atom is -0.302 e. The highest BCUT2D eigenvalue weighted by molar-refractivity contribution is 7.08. The molecule has 2 aliphatic rings. The zero-order valence-corrected chi connectivity index (χ0v) is 20.0. The van der Waals surface area contributed by atoms with Crippen LogP contribution >= 0.6 is 11.5 Å². The molecular weight excluding hydrogens is 430 g/mol. The maximum Gasteiger partial charge on any atom is 0.285 e. The standard InChI is InChI=1S/C26H29N5OS/c1-15-7-11-18(12-8-15)22-20-5-4-6-21(23(27-22)19-13-9-16(2)10-14-19)24(20)29-30-26(32)25-17(3)28-31-33-25/h7-14,20-23,27H,4-6H2,1-3H3,(H,30,32). The Kier molecular flexibility index (Phi) is 6.08. The average Bonchev–Trinajstić information content (AvgIpc) is 3.25. The maximum atomic E-state index is 12.8. The number of carbonyl (C=O) groups excluding carboxylic acids is 1. The summed E-state index contributed by atoms with van der Waals surface area (Å²) in [6.07, 6.45) is 3.27. The number of aromatic nitrogens is 2. The van der Waals surface area contributed by atoms with E-state index < -0.39 is 0 Å². The third-order valence-electron chi connectivity index (χ3n) is 6.97. The van der Waals surface area contributed by atoms with E-state index in [1.54, 1.807) is 6.92 Å². The van der Waals surface area contributed by atoms with Gasteiger partial charge in [-0.1, -0.05) is 70.6 Å². The number of aryl methyl sites for hydroxylation is 3. The summed E-state index contributed by atoms with van der Waals surface area (Å²) in [5.74, 6) is 0.258. The lowest BCUT2D eigenvalue weighted by Crippen LogP contribution is -2.51. The summed E-state index contributed by atoms with van der Waals surface area (Å²) in [4.78, 5) is 13.3. The third-order valence-corrected chi connectivity index (χ3v) is 7.80. The fourth-order valence-electron chi connectivity index (χ4n) is 5.21. The SMILES string of the molecule is Cc1ccc(C2NC(c3ccc(C)cc3)C3CCCC2C3=NNC(=O)c2snnc2C)cc1. The van der Waals surface area contributed by atoms with Crippen molar-refractivity contribution in [1.29, 1.82) is 0 Å². The lowest BCUT2D eigenvalue weighted by Gasteiger charge is -2.47. The number of hydrogen-bond donors (Lipinski definition) is 2. The van der Waals surface area contributed by atoms with Gasteiger partial charge in [0.2, 0.25) is 0 Å². The Bertz CT molecular complexity index is 1110. The first-order valence-corrected chi connectivity index (χ1v) is 12.3. The largest absolute Gasteiger partial charge is 0.302 e. The number of piperidine rings is 1. The van der Waals surface area contributed by atoms with E-state index in [0.717, 1.165) is 36.5 Å². The van der Waals surface area contributed by atoms with Gasteiger partial charge in [-0.2, -0.15) is 5.10 Å². The Labute approximate surface area is 198 Å². The maximum absolute atomic E-state index is 12.8. The van der Waals surface area contributed by atoms with Crippen LogP contribution in [-0.2, 0) is 0 Å². The van der Waals surface area contributed by atoms with Gasteiger partial charge >= 0.3 is 0 Å². The molecule has 2 N–H and O–H groups in total. The number of rotatable bonds is 4. The predicted molar refractivity (Wildman–Crippen MR) is 131 cm³/mol. The van der Waals surface area contributed by atoms with Crippen LogP contribution in [0.15, 0.2) is 53.6 Å². The van der Waals surface area contributed by atoms with E-state index >= 15 is 0 Å². The molecule has 1 saturated heterocycles. The van der Waals surface area contributed by atoms with Gasteiger partial charge in [0.15, 0.2) is 0 Å². The van der Waals surface area contributed by atoms with Crippen LogP contribution in [0.2, 0.25) is 0 Å². The van der Waals surface area contributed by atoms with Gasteiger partial charge in [0.05, 0.1) is 5.69 Å². The summed E-state index contributed by atoms with van der Waals surface area (Å²) < 4.78 is 3.88. The zero-order chi connectivity index (χ0) is 22.9. The number of fused-ring (bicyclic) bond motifs is 2. The van der Waals surface area contributed by atoms with Crippen molar-refractivity contribution in [3.63, 3.8) is 0 Å². The van der Waals surface area contributed by atoms with Crippen molar-refractivity contribution < 1.29 is 4.79 Å². The molecule has 1 aromatic heterocycles. The second-order valence-electron chi connectivity index (χ2n) is 9.25. The molecule has 5 rings (SSSR count). The van der Waals surface area contributed by atoms with E-state index in [4.69, 9.17) is 5.10 Å². The van der Waals surface area contributed by atoms with Crippen LogP contribution in [-0.4, -0.2) is 21.2 Å². The smallest absolute Gasteiger partial charge is 0.285 e. The topological polar surface area (TPSA) is 79.3 Å². The first-order valence-electron chi connectivity index (χ1n) is 11.6. The zero-order valence-electron chi connectivity index (χ0n) is 19.2. The van der Waals surface area contributed by atoms with Crippen LogP contribution in [0.25, 0.3) is 0 Å². The molecule has 6 nitrogen and oxygen atoms in total. The van der Waals surface area contributed by atoms with E-state index in [0.29, 0.717) is 10.6 Å². The van der Waals surface area contributed by atoms with Crippen LogP contribution in [0, 0.1) is 32.6 Å². The summed E-state index contributed by atoms with van der Waals surface area (Å²) in [5.41, 5.74) is 9.61. The monoisotopic (exact) mass is 459 g/mol. The fourth-order valence-corrected chi connectivity index (χ4v) is 5.75. The first kappa shape index (κ1) is 21.9. The van der Waals surface area contributed by atoms with Gasteiger partial charge in [-0.05, 0) is 56.3 Å². The molecule has 1 saturated carbocycles. The summed E-state index contributed by atoms with van der Waals surface area (Å²) in [6.45, 7) is 6.02. The highest BCUT2D eigenvalue weighted by Gasteiger charge is 2.45. The van der Waals surface area contributed by atoms with E-state index in [-0.39, 0.29) is 29.8 Å². The van der Waals surface area contributed by atoms with Gasteiger partial charge in [-0.15, -0.1) is 5.10 Å². The van der Waals surface area contributed by atoms with Crippen LogP contribution in [0.4, 0.5) is 0 Å². The van der Waals surface area contributed by atoms with Crippen molar-refractivity contribution in [3.8, 4) is 0 Å². The van der Waals surface area contributed by atoms with Crippen LogP contribution in [0.5, 0.6) is 0 Å². The second kappa shape index (κ2) is 9.15. The van der Waals surface area contributed by atoms with Crippen LogP contribution in [0.3, 0.4) is 0 Å². The molecule has 2 bridgehead atoms. The molecule has 33 heavy (non-hydrogen) atoms. The van der Waals surface area contributed by atoms with Crippen molar-refractivity contribution in [2.24, 2.45) is 16.9 Å². The van der Waals surface area contributed by atoms with Crippen molar-refractivity contribution >= 4 is 23.2 Å². The van der Waals surface area contributed by atoms with Crippen molar-refractivity contribution in [3.05, 3.63) is 81.4 Å². The minimum absolute atomic E-state index is 0.149. The molecule has 2 fully saturated rings. The molecule has 7 heteroatoms. The van der Waals surface area contributed by atoms with Crippen molar-refractivity contribution in [2.75, 3.05) is 0 Å². The molecule has 0 radical (unpaired) electrons. The molecule has 3 aromatic rings. The summed E-state index contributed by atoms with van der Waals surface area (Å²) in [7, 11) is 0. The molecule has 0 spiro atoms. The second-order valence-corrected chi connectivity index (χ2v) is 10.0. The van der Waals surface area contributed by atoms with Gasteiger partial charge < -0.3 is 5.32 Å². The Morgan fingerprint density at radius 2 is 1.48 bits per heavy atom. The number of hydrogen-bond acceptors (Lipinski definition) is 6. The van der Waals surface area contributed by atoms with Crippen LogP contribution < -0.4 is 10.7 Å². The molecule has 1 aliphatic carbocycles. The Morgan fingerprint density at radius 3 is 1.97 bits per heavy atom. The lowest BCUT2D eigenvalue weighted by atomic mass is 9.67. The highest BCUT2D eigenvalue weighted by Crippen LogP contribution is 2.46. The number of benzene rings is 2. The van der Waals surface area contributed by atoms with Crippen LogP contribution in [0.1, 0.15) is 69.0 Å². The normalized spacial score (nSPS) is 24.4. The molecule has 4 atom stereocenters. The van der Waals surface area contributed by atoms with Gasteiger partial charge in [0.1, 0.15) is 4.88 Å². The Hall–Kier alpha value is -2.90. The molecular formula is C26H29N5OS. The van der Waals surface area contributed by atoms with Gasteiger partial charge in [0.25, 0.3) is 5.91 Å². The molecule has 1 amide bonds. The van der Waals surface area contributed by atoms with Gasteiger partial charge in [-0.3, -0.25) is 4.79 Å². The number of hydrazone groups is 1. The molecule has 2 heterocycles. The number of carbonyl (C=O) groups is 1. The summed E-state index contributed by atoms with van der Waals surface area (Å²) >= 11 is 1.11. The lowest BCUT2D eigenvalue weighted by molar-refractivity contribution is 0.0956. The van der Waals surface area contributed by atoms with E-state index in [1.807, 2.05) is 0 Å². The van der Waals surface area contributed by atoms with E-state index in [1.165, 1.54) is 22.3 Å². The quantitative estimate of drug-likeness (QED) is 0.535. The highest BCUT2D eigenvalue weighted by atomic mass is 32.1. The third kappa shape index (κ3) is 4.35. The fraction of sp³-hybridized carbons (Fsp3) is 0.385. The molecule has 4 unspecified atom stereocenters. The molecule has 170 valence electrons. The van der Waals surface area contributed by atoms with Gasteiger partial charge in [-0.25, -0.2) is 5.43 Å². The number of nitrogens with one attached hydrogen (secondary N) is 2. The summed E-state index contributed by atoms with van der Waals surface area (Å²) in [5, 5.41) is 12.7. The Morgan fingerprint density at radius 1 is 0.939 bits per heavy atom.